The van der Waals surface area contributed by atoms with Gasteiger partial charge in [0.05, 0.1) is 24.1 Å². The molecular formula is C20H23N7O. The van der Waals surface area contributed by atoms with Gasteiger partial charge < -0.3 is 4.98 Å². The molecule has 8 heteroatoms. The van der Waals surface area contributed by atoms with E-state index in [-0.39, 0.29) is 5.56 Å². The Morgan fingerprint density at radius 2 is 2.00 bits per heavy atom. The summed E-state index contributed by atoms with van der Waals surface area (Å²) in [5.41, 5.74) is 4.75. The van der Waals surface area contributed by atoms with Crippen molar-refractivity contribution >= 4 is 11.0 Å². The highest BCUT2D eigenvalue weighted by Gasteiger charge is 2.11. The molecule has 3 aromatic heterocycles. The Labute approximate surface area is 162 Å². The van der Waals surface area contributed by atoms with Crippen molar-refractivity contribution in [1.29, 1.82) is 0 Å². The molecule has 0 aliphatic carbocycles. The summed E-state index contributed by atoms with van der Waals surface area (Å²) in [4.78, 5) is 21.7. The van der Waals surface area contributed by atoms with Crippen molar-refractivity contribution in [1.82, 2.24) is 34.4 Å². The summed E-state index contributed by atoms with van der Waals surface area (Å²) in [6.45, 7) is 5.30. The predicted molar refractivity (Wildman–Crippen MR) is 107 cm³/mol. The summed E-state index contributed by atoms with van der Waals surface area (Å²) in [6, 6.07) is 10.4. The van der Waals surface area contributed by atoms with Crippen molar-refractivity contribution in [3.63, 3.8) is 0 Å². The average molecular weight is 377 g/mol. The molecule has 28 heavy (non-hydrogen) atoms. The Hall–Kier alpha value is -3.26. The van der Waals surface area contributed by atoms with E-state index >= 15 is 0 Å². The molecule has 0 unspecified atom stereocenters. The number of hydrogen-bond donors (Lipinski definition) is 1. The van der Waals surface area contributed by atoms with E-state index < -0.39 is 0 Å². The van der Waals surface area contributed by atoms with Crippen LogP contribution in [0.2, 0.25) is 0 Å². The predicted octanol–water partition coefficient (Wildman–Crippen LogP) is 2.09. The Bertz CT molecular complexity index is 1200. The minimum absolute atomic E-state index is 0.159. The second-order valence-electron chi connectivity index (χ2n) is 7.20. The van der Waals surface area contributed by atoms with Crippen LogP contribution in [0.15, 0.2) is 41.3 Å². The molecule has 1 aromatic carbocycles. The van der Waals surface area contributed by atoms with E-state index in [4.69, 9.17) is 0 Å². The normalized spacial score (nSPS) is 11.6. The quantitative estimate of drug-likeness (QED) is 0.576. The maximum atomic E-state index is 12.2. The molecule has 0 fully saturated rings. The van der Waals surface area contributed by atoms with Gasteiger partial charge in [-0.1, -0.05) is 12.1 Å². The zero-order valence-corrected chi connectivity index (χ0v) is 16.5. The number of aromatic nitrogens is 6. The van der Waals surface area contributed by atoms with Crippen LogP contribution >= 0.6 is 0 Å². The lowest BCUT2D eigenvalue weighted by Gasteiger charge is -2.17. The maximum Gasteiger partial charge on any atom is 0.262 e. The molecule has 0 amide bonds. The highest BCUT2D eigenvalue weighted by Crippen LogP contribution is 2.15. The Morgan fingerprint density at radius 3 is 2.75 bits per heavy atom. The molecule has 0 aliphatic rings. The number of nitrogens with zero attached hydrogens (tertiary/aromatic N) is 6. The minimum Gasteiger partial charge on any atom is -0.309 e. The number of hydrogen-bond acceptors (Lipinski definition) is 5. The summed E-state index contributed by atoms with van der Waals surface area (Å²) in [5, 5.41) is 9.17. The lowest BCUT2D eigenvalue weighted by Crippen LogP contribution is -2.22. The summed E-state index contributed by atoms with van der Waals surface area (Å²) in [6.07, 6.45) is 1.54. The van der Waals surface area contributed by atoms with Gasteiger partial charge in [0.2, 0.25) is 0 Å². The lowest BCUT2D eigenvalue weighted by atomic mass is 10.2. The molecule has 3 heterocycles. The van der Waals surface area contributed by atoms with Gasteiger partial charge in [0.1, 0.15) is 11.2 Å². The van der Waals surface area contributed by atoms with Gasteiger partial charge >= 0.3 is 0 Å². The third-order valence-electron chi connectivity index (χ3n) is 4.69. The van der Waals surface area contributed by atoms with Crippen molar-refractivity contribution < 1.29 is 0 Å². The molecule has 8 nitrogen and oxygen atoms in total. The Kier molecular flexibility index (Phi) is 4.56. The number of benzene rings is 1. The van der Waals surface area contributed by atoms with Gasteiger partial charge in [-0.15, -0.1) is 0 Å². The van der Waals surface area contributed by atoms with Crippen LogP contribution in [0.1, 0.15) is 22.8 Å². The molecular weight excluding hydrogens is 354 g/mol. The van der Waals surface area contributed by atoms with Gasteiger partial charge in [0, 0.05) is 19.3 Å². The fourth-order valence-corrected chi connectivity index (χ4v) is 3.45. The van der Waals surface area contributed by atoms with Crippen LogP contribution in [0.3, 0.4) is 0 Å². The fourth-order valence-electron chi connectivity index (χ4n) is 3.45. The van der Waals surface area contributed by atoms with Gasteiger partial charge in [0.15, 0.2) is 5.65 Å². The molecule has 0 bridgehead atoms. The van der Waals surface area contributed by atoms with Crippen molar-refractivity contribution in [3.05, 3.63) is 69.7 Å². The third-order valence-corrected chi connectivity index (χ3v) is 4.69. The number of fused-ring (bicyclic) bond motifs is 1. The number of H-pyrrole nitrogens is 1. The van der Waals surface area contributed by atoms with Gasteiger partial charge in [-0.2, -0.15) is 10.2 Å². The first-order valence-corrected chi connectivity index (χ1v) is 9.13. The van der Waals surface area contributed by atoms with Crippen molar-refractivity contribution in [3.8, 4) is 5.69 Å². The molecule has 0 saturated carbocycles. The monoisotopic (exact) mass is 377 g/mol. The first-order valence-electron chi connectivity index (χ1n) is 9.13. The molecule has 0 aliphatic heterocycles. The maximum absolute atomic E-state index is 12.2. The van der Waals surface area contributed by atoms with Crippen molar-refractivity contribution in [2.75, 3.05) is 7.05 Å². The van der Waals surface area contributed by atoms with E-state index in [1.165, 1.54) is 0 Å². The largest absolute Gasteiger partial charge is 0.309 e. The summed E-state index contributed by atoms with van der Waals surface area (Å²) >= 11 is 0. The summed E-state index contributed by atoms with van der Waals surface area (Å²) in [5.74, 6) is 0.623. The zero-order valence-electron chi connectivity index (χ0n) is 16.5. The van der Waals surface area contributed by atoms with E-state index in [1.54, 1.807) is 17.9 Å². The first kappa shape index (κ1) is 18.1. The van der Waals surface area contributed by atoms with Crippen LogP contribution in [0.25, 0.3) is 16.7 Å². The van der Waals surface area contributed by atoms with Gasteiger partial charge in [-0.05, 0) is 44.7 Å². The zero-order chi connectivity index (χ0) is 19.8. The van der Waals surface area contributed by atoms with E-state index in [1.807, 2.05) is 24.7 Å². The van der Waals surface area contributed by atoms with Crippen LogP contribution in [0.4, 0.5) is 0 Å². The highest BCUT2D eigenvalue weighted by molar-refractivity contribution is 5.72. The van der Waals surface area contributed by atoms with E-state index in [2.05, 4.69) is 56.3 Å². The molecule has 1 N–H and O–H groups in total. The Balaban J connectivity index is 1.53. The van der Waals surface area contributed by atoms with E-state index in [9.17, 15) is 4.79 Å². The fraction of sp³-hybridized carbons (Fsp3) is 0.300. The van der Waals surface area contributed by atoms with Gasteiger partial charge in [0.25, 0.3) is 5.56 Å². The number of rotatable bonds is 5. The number of aryl methyl sites for hydroxylation is 3. The minimum atomic E-state index is -0.159. The number of nitrogens with one attached hydrogen (secondary N) is 1. The topological polar surface area (TPSA) is 84.6 Å². The van der Waals surface area contributed by atoms with Gasteiger partial charge in [-0.3, -0.25) is 14.4 Å². The Morgan fingerprint density at radius 1 is 1.18 bits per heavy atom. The molecule has 4 aromatic rings. The number of aromatic amines is 1. The second-order valence-corrected chi connectivity index (χ2v) is 7.20. The first-order chi connectivity index (χ1) is 13.4. The molecule has 0 atom stereocenters. The van der Waals surface area contributed by atoms with Crippen LogP contribution in [-0.4, -0.2) is 41.5 Å². The molecule has 0 radical (unpaired) electrons. The van der Waals surface area contributed by atoms with E-state index in [0.29, 0.717) is 23.4 Å². The third kappa shape index (κ3) is 3.46. The standard InChI is InChI=1S/C20H23N7O/c1-13-8-14(2)27(24-13)16-7-5-6-15(9-16)11-25(3)12-18-22-19-17(20(28)23-18)10-21-26(19)4/h5-10H,11-12H2,1-4H3,(H,22,23,28). The van der Waals surface area contributed by atoms with Crippen molar-refractivity contribution in [2.24, 2.45) is 7.05 Å². The molecule has 4 rings (SSSR count). The second kappa shape index (κ2) is 7.05. The van der Waals surface area contributed by atoms with Crippen molar-refractivity contribution in [2.45, 2.75) is 26.9 Å². The smallest absolute Gasteiger partial charge is 0.262 e. The lowest BCUT2D eigenvalue weighted by molar-refractivity contribution is 0.310. The van der Waals surface area contributed by atoms with Crippen LogP contribution in [-0.2, 0) is 20.1 Å². The average Bonchev–Trinajstić information content (AvgIpc) is 3.17. The molecule has 144 valence electrons. The summed E-state index contributed by atoms with van der Waals surface area (Å²) < 4.78 is 3.57. The highest BCUT2D eigenvalue weighted by atomic mass is 16.1. The van der Waals surface area contributed by atoms with Gasteiger partial charge in [-0.25, -0.2) is 9.67 Å². The van der Waals surface area contributed by atoms with E-state index in [0.717, 1.165) is 29.2 Å². The summed E-state index contributed by atoms with van der Waals surface area (Å²) in [7, 11) is 3.79. The van der Waals surface area contributed by atoms with Crippen LogP contribution < -0.4 is 5.56 Å². The SMILES string of the molecule is Cc1cc(C)n(-c2cccc(CN(C)Cc3nc4c(cnn4C)c(=O)[nH]3)c2)n1. The molecule has 0 saturated heterocycles. The van der Waals surface area contributed by atoms with Crippen LogP contribution in [0.5, 0.6) is 0 Å². The molecule has 0 spiro atoms. The van der Waals surface area contributed by atoms with Crippen LogP contribution in [0, 0.1) is 13.8 Å².